The maximum atomic E-state index is 12.7. The predicted molar refractivity (Wildman–Crippen MR) is 121 cm³/mol. The Kier molecular flexibility index (Phi) is 6.33. The van der Waals surface area contributed by atoms with Crippen LogP contribution >= 0.6 is 22.7 Å². The van der Waals surface area contributed by atoms with Crippen molar-refractivity contribution >= 4 is 43.7 Å². The number of nitrogens with one attached hydrogen (secondary N) is 1. The highest BCUT2D eigenvalue weighted by Crippen LogP contribution is 2.29. The average molecular weight is 462 g/mol. The number of thiophene rings is 1. The lowest BCUT2D eigenvalue weighted by molar-refractivity contribution is -0.120. The summed E-state index contributed by atoms with van der Waals surface area (Å²) in [5.74, 6) is -0.304. The molecule has 158 valence electrons. The zero-order chi connectivity index (χ0) is 21.1. The van der Waals surface area contributed by atoms with Crippen LogP contribution in [0.4, 0.5) is 5.13 Å². The van der Waals surface area contributed by atoms with E-state index in [4.69, 9.17) is 0 Å². The molecule has 0 radical (unpaired) electrons. The Morgan fingerprint density at radius 1 is 1.17 bits per heavy atom. The van der Waals surface area contributed by atoms with Crippen LogP contribution in [-0.4, -0.2) is 36.7 Å². The van der Waals surface area contributed by atoms with E-state index in [0.717, 1.165) is 17.7 Å². The molecule has 1 aliphatic rings. The molecule has 1 saturated heterocycles. The molecule has 6 nitrogen and oxygen atoms in total. The summed E-state index contributed by atoms with van der Waals surface area (Å²) < 4.78 is 27.1. The van der Waals surface area contributed by atoms with E-state index < -0.39 is 10.0 Å². The summed E-state index contributed by atoms with van der Waals surface area (Å²) in [6.07, 6.45) is 2.01. The molecule has 0 bridgehead atoms. The second kappa shape index (κ2) is 8.97. The van der Waals surface area contributed by atoms with Crippen molar-refractivity contribution in [2.24, 2.45) is 5.92 Å². The van der Waals surface area contributed by atoms with E-state index in [1.165, 1.54) is 32.5 Å². The minimum absolute atomic E-state index is 0.0922. The van der Waals surface area contributed by atoms with Gasteiger partial charge >= 0.3 is 0 Å². The number of thiazole rings is 1. The number of anilines is 1. The van der Waals surface area contributed by atoms with Crippen molar-refractivity contribution in [3.05, 3.63) is 52.7 Å². The molecule has 1 aromatic carbocycles. The van der Waals surface area contributed by atoms with Crippen molar-refractivity contribution in [2.75, 3.05) is 18.4 Å². The lowest BCUT2D eigenvalue weighted by Gasteiger charge is -2.29. The summed E-state index contributed by atoms with van der Waals surface area (Å²) >= 11 is 2.62. The van der Waals surface area contributed by atoms with Crippen molar-refractivity contribution in [3.8, 4) is 11.3 Å². The van der Waals surface area contributed by atoms with Gasteiger partial charge in [0.05, 0.1) is 5.69 Å². The van der Waals surface area contributed by atoms with Gasteiger partial charge in [0.1, 0.15) is 4.21 Å². The number of nitrogens with zero attached hydrogens (tertiary/aromatic N) is 2. The number of piperidine rings is 1. The predicted octanol–water partition coefficient (Wildman–Crippen LogP) is 4.47. The quantitative estimate of drug-likeness (QED) is 0.587. The fraction of sp³-hybridized carbons (Fsp3) is 0.333. The van der Waals surface area contributed by atoms with Crippen LogP contribution in [0.5, 0.6) is 0 Å². The Labute approximate surface area is 184 Å². The summed E-state index contributed by atoms with van der Waals surface area (Å²) in [4.78, 5) is 17.2. The molecule has 2 aromatic heterocycles. The minimum atomic E-state index is -3.45. The number of sulfonamides is 1. The molecule has 0 aliphatic carbocycles. The van der Waals surface area contributed by atoms with Gasteiger partial charge in [0.25, 0.3) is 10.0 Å². The first-order chi connectivity index (χ1) is 14.5. The summed E-state index contributed by atoms with van der Waals surface area (Å²) in [5.41, 5.74) is 3.14. The van der Waals surface area contributed by atoms with E-state index in [-0.39, 0.29) is 11.8 Å². The molecule has 0 saturated carbocycles. The number of carbonyl (C=O) groups excluding carboxylic acids is 1. The fourth-order valence-corrected chi connectivity index (χ4v) is 6.82. The smallest absolute Gasteiger partial charge is 0.252 e. The highest BCUT2D eigenvalue weighted by atomic mass is 32.2. The molecule has 1 amide bonds. The van der Waals surface area contributed by atoms with Crippen molar-refractivity contribution in [2.45, 2.75) is 30.4 Å². The first-order valence-electron chi connectivity index (χ1n) is 9.86. The maximum Gasteiger partial charge on any atom is 0.252 e. The number of carbonyl (C=O) groups is 1. The molecule has 1 aliphatic heterocycles. The average Bonchev–Trinajstić information content (AvgIpc) is 3.47. The molecule has 9 heteroatoms. The van der Waals surface area contributed by atoms with Gasteiger partial charge in [-0.15, -0.1) is 22.7 Å². The highest BCUT2D eigenvalue weighted by Gasteiger charge is 2.32. The van der Waals surface area contributed by atoms with Gasteiger partial charge in [-0.25, -0.2) is 13.4 Å². The number of hydrogen-bond donors (Lipinski definition) is 1. The van der Waals surface area contributed by atoms with Gasteiger partial charge in [-0.3, -0.25) is 4.79 Å². The Bertz CT molecular complexity index is 1100. The fourth-order valence-electron chi connectivity index (χ4n) is 3.48. The third-order valence-corrected chi connectivity index (χ3v) is 9.34. The summed E-state index contributed by atoms with van der Waals surface area (Å²) in [6, 6.07) is 11.6. The number of aryl methyl sites for hydroxylation is 1. The molecule has 1 fully saturated rings. The van der Waals surface area contributed by atoms with E-state index in [0.29, 0.717) is 35.3 Å². The van der Waals surface area contributed by atoms with Gasteiger partial charge in [0, 0.05) is 30.0 Å². The second-order valence-corrected chi connectivity index (χ2v) is 11.2. The zero-order valence-electron chi connectivity index (χ0n) is 16.6. The van der Waals surface area contributed by atoms with E-state index in [9.17, 15) is 13.2 Å². The van der Waals surface area contributed by atoms with Crippen molar-refractivity contribution in [1.29, 1.82) is 0 Å². The van der Waals surface area contributed by atoms with Gasteiger partial charge < -0.3 is 5.32 Å². The van der Waals surface area contributed by atoms with E-state index >= 15 is 0 Å². The number of amides is 1. The number of rotatable bonds is 6. The van der Waals surface area contributed by atoms with Crippen LogP contribution in [0.15, 0.2) is 51.4 Å². The van der Waals surface area contributed by atoms with Crippen LogP contribution in [0.25, 0.3) is 11.3 Å². The van der Waals surface area contributed by atoms with Crippen molar-refractivity contribution in [3.63, 3.8) is 0 Å². The van der Waals surface area contributed by atoms with Crippen LogP contribution in [0.1, 0.15) is 25.3 Å². The summed E-state index contributed by atoms with van der Waals surface area (Å²) in [6.45, 7) is 2.82. The van der Waals surface area contributed by atoms with Crippen LogP contribution in [0.3, 0.4) is 0 Å². The molecule has 3 aromatic rings. The van der Waals surface area contributed by atoms with E-state index in [1.54, 1.807) is 17.5 Å². The maximum absolute atomic E-state index is 12.7. The van der Waals surface area contributed by atoms with Gasteiger partial charge in [-0.05, 0) is 36.3 Å². The van der Waals surface area contributed by atoms with Crippen LogP contribution in [0, 0.1) is 5.92 Å². The van der Waals surface area contributed by atoms with Crippen molar-refractivity contribution < 1.29 is 13.2 Å². The molecular formula is C21H23N3O3S3. The van der Waals surface area contributed by atoms with Crippen LogP contribution in [-0.2, 0) is 21.2 Å². The monoisotopic (exact) mass is 461 g/mol. The van der Waals surface area contributed by atoms with Gasteiger partial charge in [0.15, 0.2) is 5.13 Å². The molecule has 0 atom stereocenters. The summed E-state index contributed by atoms with van der Waals surface area (Å²) in [7, 11) is -3.45. The van der Waals surface area contributed by atoms with E-state index in [1.807, 2.05) is 17.5 Å². The topological polar surface area (TPSA) is 79.4 Å². The number of benzene rings is 1. The normalized spacial score (nSPS) is 15.9. The molecule has 1 N–H and O–H groups in total. The first-order valence-corrected chi connectivity index (χ1v) is 13.1. The second-order valence-electron chi connectivity index (χ2n) is 7.19. The zero-order valence-corrected chi connectivity index (χ0v) is 19.0. The van der Waals surface area contributed by atoms with E-state index in [2.05, 4.69) is 29.4 Å². The van der Waals surface area contributed by atoms with Gasteiger partial charge in [-0.1, -0.05) is 37.3 Å². The molecule has 30 heavy (non-hydrogen) atoms. The highest BCUT2D eigenvalue weighted by molar-refractivity contribution is 7.91. The lowest BCUT2D eigenvalue weighted by Crippen LogP contribution is -2.41. The Morgan fingerprint density at radius 3 is 2.53 bits per heavy atom. The Hall–Kier alpha value is -2.07. The lowest BCUT2D eigenvalue weighted by atomic mass is 9.97. The van der Waals surface area contributed by atoms with Crippen LogP contribution in [0.2, 0.25) is 0 Å². The van der Waals surface area contributed by atoms with Crippen molar-refractivity contribution in [1.82, 2.24) is 9.29 Å². The Morgan fingerprint density at radius 2 is 1.90 bits per heavy atom. The number of hydrogen-bond acceptors (Lipinski definition) is 6. The first kappa shape index (κ1) is 21.2. The standard InChI is InChI=1S/C21H23N3O3S3/c1-2-15-5-7-16(8-6-15)18-14-29-21(22-18)23-20(25)17-9-11-24(12-10-17)30(26,27)19-4-3-13-28-19/h3-8,13-14,17H,2,9-12H2,1H3,(H,22,23,25). The minimum Gasteiger partial charge on any atom is -0.302 e. The molecule has 4 rings (SSSR count). The largest absolute Gasteiger partial charge is 0.302 e. The third-order valence-electron chi connectivity index (χ3n) is 5.31. The number of aromatic nitrogens is 1. The van der Waals surface area contributed by atoms with Gasteiger partial charge in [-0.2, -0.15) is 4.31 Å². The third kappa shape index (κ3) is 4.49. The van der Waals surface area contributed by atoms with Crippen LogP contribution < -0.4 is 5.32 Å². The molecule has 3 heterocycles. The Balaban J connectivity index is 1.35. The SMILES string of the molecule is CCc1ccc(-c2csc(NC(=O)C3CCN(S(=O)(=O)c4cccs4)CC3)n2)cc1. The van der Waals surface area contributed by atoms with Gasteiger partial charge in [0.2, 0.25) is 5.91 Å². The molecular weight excluding hydrogens is 438 g/mol. The molecule has 0 spiro atoms. The summed E-state index contributed by atoms with van der Waals surface area (Å²) in [5, 5.41) is 7.18. The molecule has 0 unspecified atom stereocenters.